The van der Waals surface area contributed by atoms with Gasteiger partial charge in [0.2, 0.25) is 11.8 Å². The molecule has 5 heteroatoms. The minimum Gasteiger partial charge on any atom is -0.480 e. The van der Waals surface area contributed by atoms with Gasteiger partial charge in [-0.3, -0.25) is 14.5 Å². The molecule has 3 atom stereocenters. The molecule has 0 bridgehead atoms. The number of fused-ring (bicyclic) bond motifs is 1. The van der Waals surface area contributed by atoms with Crippen molar-refractivity contribution in [1.82, 2.24) is 4.90 Å². The van der Waals surface area contributed by atoms with Crippen LogP contribution in [0.15, 0.2) is 0 Å². The van der Waals surface area contributed by atoms with Gasteiger partial charge >= 0.3 is 5.97 Å². The van der Waals surface area contributed by atoms with Gasteiger partial charge in [-0.1, -0.05) is 26.7 Å². The molecule has 2 fully saturated rings. The van der Waals surface area contributed by atoms with Crippen LogP contribution in [0.1, 0.15) is 39.5 Å². The third kappa shape index (κ3) is 1.91. The number of hydrogen-bond acceptors (Lipinski definition) is 3. The molecule has 2 rings (SSSR count). The highest BCUT2D eigenvalue weighted by Gasteiger charge is 2.52. The molecule has 1 N–H and O–H groups in total. The molecule has 0 unspecified atom stereocenters. The second kappa shape index (κ2) is 4.71. The molecule has 0 aromatic heterocycles. The number of hydrogen-bond donors (Lipinski definition) is 1. The highest BCUT2D eigenvalue weighted by atomic mass is 16.4. The highest BCUT2D eigenvalue weighted by Crippen LogP contribution is 2.39. The molecule has 0 radical (unpaired) electrons. The van der Waals surface area contributed by atoms with Crippen LogP contribution in [0.4, 0.5) is 0 Å². The zero-order chi connectivity index (χ0) is 13.4. The van der Waals surface area contributed by atoms with E-state index in [0.717, 1.165) is 30.6 Å². The molecule has 1 aliphatic heterocycles. The largest absolute Gasteiger partial charge is 0.480 e. The fourth-order valence-electron chi connectivity index (χ4n) is 3.16. The third-order valence-corrected chi connectivity index (χ3v) is 4.04. The lowest BCUT2D eigenvalue weighted by Crippen LogP contribution is -2.48. The lowest BCUT2D eigenvalue weighted by molar-refractivity contribution is -0.157. The Bertz CT molecular complexity index is 366. The summed E-state index contributed by atoms with van der Waals surface area (Å²) in [6.45, 7) is 3.45. The van der Waals surface area contributed by atoms with Crippen molar-refractivity contribution < 1.29 is 19.5 Å². The SMILES string of the molecule is CC(C)[C@H](C(=O)O)N1C(=O)[C@H]2CCCC[C@@H]2C1=O. The number of carbonyl (C=O) groups is 3. The first-order chi connectivity index (χ1) is 8.45. The van der Waals surface area contributed by atoms with Crippen LogP contribution in [0.2, 0.25) is 0 Å². The zero-order valence-corrected chi connectivity index (χ0v) is 10.8. The maximum absolute atomic E-state index is 12.2. The summed E-state index contributed by atoms with van der Waals surface area (Å²) in [6.07, 6.45) is 3.34. The molecule has 1 heterocycles. The van der Waals surface area contributed by atoms with Crippen molar-refractivity contribution in [2.75, 3.05) is 0 Å². The Kier molecular flexibility index (Phi) is 3.41. The second-order valence-corrected chi connectivity index (χ2v) is 5.57. The summed E-state index contributed by atoms with van der Waals surface area (Å²) >= 11 is 0. The van der Waals surface area contributed by atoms with E-state index in [2.05, 4.69) is 0 Å². The summed E-state index contributed by atoms with van der Waals surface area (Å²) in [5.74, 6) is -2.45. The average molecular weight is 253 g/mol. The molecule has 1 saturated carbocycles. The number of aliphatic carboxylic acids is 1. The summed E-state index contributed by atoms with van der Waals surface area (Å²) in [6, 6.07) is -1.02. The van der Waals surface area contributed by atoms with Gasteiger partial charge in [0.25, 0.3) is 0 Å². The number of carboxylic acids is 1. The van der Waals surface area contributed by atoms with Crippen LogP contribution in [-0.2, 0) is 14.4 Å². The molecule has 0 aromatic carbocycles. The monoisotopic (exact) mass is 253 g/mol. The molecule has 5 nitrogen and oxygen atoms in total. The average Bonchev–Trinajstić information content (AvgIpc) is 2.55. The van der Waals surface area contributed by atoms with E-state index in [0.29, 0.717) is 0 Å². The number of carbonyl (C=O) groups excluding carboxylic acids is 2. The molecule has 2 amide bonds. The standard InChI is InChI=1S/C13H19NO4/c1-7(2)10(13(17)18)14-11(15)8-5-3-4-6-9(8)12(14)16/h7-10H,3-6H2,1-2H3,(H,17,18)/t8-,9-,10+/m0/s1. The van der Waals surface area contributed by atoms with E-state index in [1.54, 1.807) is 13.8 Å². The van der Waals surface area contributed by atoms with Gasteiger partial charge in [-0.15, -0.1) is 0 Å². The summed E-state index contributed by atoms with van der Waals surface area (Å²) < 4.78 is 0. The quantitative estimate of drug-likeness (QED) is 0.769. The molecule has 1 saturated heterocycles. The van der Waals surface area contributed by atoms with E-state index >= 15 is 0 Å². The molecule has 1 aliphatic carbocycles. The Morgan fingerprint density at radius 2 is 1.61 bits per heavy atom. The molecule has 0 spiro atoms. The van der Waals surface area contributed by atoms with E-state index in [1.807, 2.05) is 0 Å². The van der Waals surface area contributed by atoms with E-state index in [9.17, 15) is 19.5 Å². The number of rotatable bonds is 3. The Hall–Kier alpha value is -1.39. The molecular formula is C13H19NO4. The summed E-state index contributed by atoms with van der Waals surface area (Å²) in [5, 5.41) is 9.23. The van der Waals surface area contributed by atoms with Crippen LogP contribution >= 0.6 is 0 Å². The van der Waals surface area contributed by atoms with Gasteiger partial charge in [0.15, 0.2) is 0 Å². The number of amides is 2. The normalized spacial score (nSPS) is 29.6. The maximum Gasteiger partial charge on any atom is 0.327 e. The van der Waals surface area contributed by atoms with Crippen molar-refractivity contribution in [3.8, 4) is 0 Å². The number of likely N-dealkylation sites (tertiary alicyclic amines) is 1. The molecule has 2 aliphatic rings. The topological polar surface area (TPSA) is 74.7 Å². The van der Waals surface area contributed by atoms with E-state index in [4.69, 9.17) is 0 Å². The first kappa shape index (κ1) is 13.1. The fourth-order valence-corrected chi connectivity index (χ4v) is 3.16. The molecule has 0 aromatic rings. The Labute approximate surface area is 106 Å². The maximum atomic E-state index is 12.2. The molecule has 18 heavy (non-hydrogen) atoms. The number of nitrogens with zero attached hydrogens (tertiary/aromatic N) is 1. The van der Waals surface area contributed by atoms with Crippen molar-refractivity contribution in [3.63, 3.8) is 0 Å². The van der Waals surface area contributed by atoms with Gasteiger partial charge in [-0.2, -0.15) is 0 Å². The smallest absolute Gasteiger partial charge is 0.327 e. The summed E-state index contributed by atoms with van der Waals surface area (Å²) in [5.41, 5.74) is 0. The van der Waals surface area contributed by atoms with E-state index in [-0.39, 0.29) is 29.6 Å². The number of carboxylic acid groups (broad SMARTS) is 1. The van der Waals surface area contributed by atoms with Gasteiger partial charge in [-0.25, -0.2) is 4.79 Å². The van der Waals surface area contributed by atoms with Gasteiger partial charge in [0.05, 0.1) is 11.8 Å². The Morgan fingerprint density at radius 3 is 1.94 bits per heavy atom. The Balaban J connectivity index is 2.30. The van der Waals surface area contributed by atoms with Crippen LogP contribution in [0.25, 0.3) is 0 Å². The van der Waals surface area contributed by atoms with Gasteiger partial charge in [-0.05, 0) is 18.8 Å². The summed E-state index contributed by atoms with van der Waals surface area (Å²) in [4.78, 5) is 36.8. The van der Waals surface area contributed by atoms with Crippen LogP contribution in [0.3, 0.4) is 0 Å². The van der Waals surface area contributed by atoms with Crippen molar-refractivity contribution in [3.05, 3.63) is 0 Å². The van der Waals surface area contributed by atoms with Crippen LogP contribution in [0.5, 0.6) is 0 Å². The molecular weight excluding hydrogens is 234 g/mol. The van der Waals surface area contributed by atoms with Crippen LogP contribution < -0.4 is 0 Å². The lowest BCUT2D eigenvalue weighted by atomic mass is 9.81. The predicted octanol–water partition coefficient (Wildman–Crippen LogP) is 1.27. The van der Waals surface area contributed by atoms with Crippen molar-refractivity contribution in [1.29, 1.82) is 0 Å². The molecule has 100 valence electrons. The fraction of sp³-hybridized carbons (Fsp3) is 0.769. The second-order valence-electron chi connectivity index (χ2n) is 5.57. The Morgan fingerprint density at radius 1 is 1.17 bits per heavy atom. The number of imide groups is 1. The van der Waals surface area contributed by atoms with Gasteiger partial charge in [0, 0.05) is 0 Å². The third-order valence-electron chi connectivity index (χ3n) is 4.04. The van der Waals surface area contributed by atoms with Crippen molar-refractivity contribution >= 4 is 17.8 Å². The van der Waals surface area contributed by atoms with Crippen LogP contribution in [0, 0.1) is 17.8 Å². The van der Waals surface area contributed by atoms with Crippen LogP contribution in [-0.4, -0.2) is 33.8 Å². The first-order valence-corrected chi connectivity index (χ1v) is 6.55. The van der Waals surface area contributed by atoms with E-state index < -0.39 is 12.0 Å². The van der Waals surface area contributed by atoms with Gasteiger partial charge in [0.1, 0.15) is 6.04 Å². The highest BCUT2D eigenvalue weighted by molar-refractivity contribution is 6.07. The van der Waals surface area contributed by atoms with Crippen molar-refractivity contribution in [2.45, 2.75) is 45.6 Å². The predicted molar refractivity (Wildman–Crippen MR) is 63.6 cm³/mol. The minimum atomic E-state index is -1.09. The zero-order valence-electron chi connectivity index (χ0n) is 10.8. The van der Waals surface area contributed by atoms with E-state index in [1.165, 1.54) is 0 Å². The lowest BCUT2D eigenvalue weighted by Gasteiger charge is -2.26. The summed E-state index contributed by atoms with van der Waals surface area (Å²) in [7, 11) is 0. The van der Waals surface area contributed by atoms with Crippen molar-refractivity contribution in [2.24, 2.45) is 17.8 Å². The van der Waals surface area contributed by atoms with Gasteiger partial charge < -0.3 is 5.11 Å². The minimum absolute atomic E-state index is 0.268. The first-order valence-electron chi connectivity index (χ1n) is 6.55.